The lowest BCUT2D eigenvalue weighted by Crippen LogP contribution is -2.04. The number of nitrogens with two attached hydrogens (primary N) is 1. The lowest BCUT2D eigenvalue weighted by atomic mass is 10.1. The molecule has 3 nitrogen and oxygen atoms in total. The quantitative estimate of drug-likeness (QED) is 0.565. The van der Waals surface area contributed by atoms with Crippen LogP contribution in [-0.4, -0.2) is 13.2 Å². The fraction of sp³-hybridized carbons (Fsp3) is 0.333. The summed E-state index contributed by atoms with van der Waals surface area (Å²) in [5.41, 5.74) is 7.52. The molecule has 2 N–H and O–H groups in total. The zero-order valence-electron chi connectivity index (χ0n) is 12.8. The second-order valence-electron chi connectivity index (χ2n) is 5.05. The molecular formula is C18H22ClNO2. The molecule has 118 valence electrons. The molecule has 0 fully saturated rings. The van der Waals surface area contributed by atoms with E-state index in [2.05, 4.69) is 13.0 Å². The zero-order valence-corrected chi connectivity index (χ0v) is 13.6. The summed E-state index contributed by atoms with van der Waals surface area (Å²) in [4.78, 5) is 0. The summed E-state index contributed by atoms with van der Waals surface area (Å²) in [6.07, 6.45) is 2.86. The number of hydrogen-bond donors (Lipinski definition) is 1. The summed E-state index contributed by atoms with van der Waals surface area (Å²) in [6, 6.07) is 13.5. The van der Waals surface area contributed by atoms with E-state index in [-0.39, 0.29) is 0 Å². The summed E-state index contributed by atoms with van der Waals surface area (Å²) < 4.78 is 11.5. The van der Waals surface area contributed by atoms with Gasteiger partial charge in [0.25, 0.3) is 0 Å². The van der Waals surface area contributed by atoms with E-state index in [1.807, 2.05) is 24.3 Å². The average molecular weight is 320 g/mol. The van der Waals surface area contributed by atoms with Crippen LogP contribution in [0.1, 0.15) is 25.3 Å². The first-order chi connectivity index (χ1) is 10.7. The van der Waals surface area contributed by atoms with E-state index in [9.17, 15) is 0 Å². The van der Waals surface area contributed by atoms with Gasteiger partial charge in [-0.25, -0.2) is 0 Å². The Balaban J connectivity index is 1.66. The van der Waals surface area contributed by atoms with Crippen LogP contribution < -0.4 is 15.2 Å². The SMILES string of the molecule is CCc1ccccc1OCCCCOc1ccc(Cl)c(N)c1. The van der Waals surface area contributed by atoms with Gasteiger partial charge in [-0.15, -0.1) is 0 Å². The third kappa shape index (κ3) is 4.85. The van der Waals surface area contributed by atoms with E-state index < -0.39 is 0 Å². The molecule has 0 aliphatic rings. The van der Waals surface area contributed by atoms with Crippen LogP contribution in [0.4, 0.5) is 5.69 Å². The molecule has 0 unspecified atom stereocenters. The number of aryl methyl sites for hydroxylation is 1. The van der Waals surface area contributed by atoms with Crippen molar-refractivity contribution in [2.24, 2.45) is 0 Å². The first-order valence-electron chi connectivity index (χ1n) is 7.59. The van der Waals surface area contributed by atoms with Crippen LogP contribution in [0.5, 0.6) is 11.5 Å². The van der Waals surface area contributed by atoms with E-state index in [1.165, 1.54) is 5.56 Å². The Morgan fingerprint density at radius 2 is 1.73 bits per heavy atom. The van der Waals surface area contributed by atoms with Crippen molar-refractivity contribution in [2.75, 3.05) is 18.9 Å². The fourth-order valence-corrected chi connectivity index (χ4v) is 2.24. The van der Waals surface area contributed by atoms with Gasteiger partial charge in [0.1, 0.15) is 11.5 Å². The van der Waals surface area contributed by atoms with Crippen molar-refractivity contribution in [3.63, 3.8) is 0 Å². The minimum Gasteiger partial charge on any atom is -0.494 e. The van der Waals surface area contributed by atoms with Gasteiger partial charge < -0.3 is 15.2 Å². The second-order valence-corrected chi connectivity index (χ2v) is 5.46. The summed E-state index contributed by atoms with van der Waals surface area (Å²) in [7, 11) is 0. The predicted molar refractivity (Wildman–Crippen MR) is 91.9 cm³/mol. The first kappa shape index (κ1) is 16.5. The largest absolute Gasteiger partial charge is 0.494 e. The molecule has 0 atom stereocenters. The van der Waals surface area contributed by atoms with E-state index >= 15 is 0 Å². The highest BCUT2D eigenvalue weighted by molar-refractivity contribution is 6.33. The Hall–Kier alpha value is -1.87. The van der Waals surface area contributed by atoms with Gasteiger partial charge in [0.05, 0.1) is 23.9 Å². The van der Waals surface area contributed by atoms with Crippen molar-refractivity contribution in [1.29, 1.82) is 0 Å². The van der Waals surface area contributed by atoms with E-state index in [0.29, 0.717) is 23.9 Å². The molecule has 2 aromatic rings. The smallest absolute Gasteiger partial charge is 0.122 e. The van der Waals surface area contributed by atoms with Crippen LogP contribution in [0.15, 0.2) is 42.5 Å². The Morgan fingerprint density at radius 3 is 2.45 bits per heavy atom. The topological polar surface area (TPSA) is 44.5 Å². The maximum absolute atomic E-state index is 5.87. The number of halogens is 1. The van der Waals surface area contributed by atoms with E-state index in [0.717, 1.165) is 30.8 Å². The maximum atomic E-state index is 5.87. The molecule has 2 rings (SSSR count). The Morgan fingerprint density at radius 1 is 1.00 bits per heavy atom. The normalized spacial score (nSPS) is 10.5. The van der Waals surface area contributed by atoms with Crippen LogP contribution in [0.3, 0.4) is 0 Å². The van der Waals surface area contributed by atoms with Gasteiger partial charge in [-0.05, 0) is 43.0 Å². The average Bonchev–Trinajstić information content (AvgIpc) is 2.54. The monoisotopic (exact) mass is 319 g/mol. The van der Waals surface area contributed by atoms with Gasteiger partial charge in [-0.1, -0.05) is 36.7 Å². The van der Waals surface area contributed by atoms with Crippen LogP contribution in [0.2, 0.25) is 5.02 Å². The predicted octanol–water partition coefficient (Wildman–Crippen LogP) is 4.72. The van der Waals surface area contributed by atoms with Crippen molar-refractivity contribution >= 4 is 17.3 Å². The second kappa shape index (κ2) is 8.54. The number of benzene rings is 2. The molecule has 22 heavy (non-hydrogen) atoms. The van der Waals surface area contributed by atoms with Crippen LogP contribution in [-0.2, 0) is 6.42 Å². The lowest BCUT2D eigenvalue weighted by molar-refractivity contribution is 0.265. The number of nitrogen functional groups attached to an aromatic ring is 1. The first-order valence-corrected chi connectivity index (χ1v) is 7.97. The molecule has 4 heteroatoms. The molecule has 0 saturated heterocycles. The minimum absolute atomic E-state index is 0.540. The highest BCUT2D eigenvalue weighted by Crippen LogP contribution is 2.24. The Labute approximate surface area is 137 Å². The van der Waals surface area contributed by atoms with Crippen molar-refractivity contribution in [2.45, 2.75) is 26.2 Å². The Kier molecular flexibility index (Phi) is 6.41. The van der Waals surface area contributed by atoms with Crippen molar-refractivity contribution in [3.8, 4) is 11.5 Å². The van der Waals surface area contributed by atoms with Gasteiger partial charge in [-0.2, -0.15) is 0 Å². The summed E-state index contributed by atoms with van der Waals surface area (Å²) in [5.74, 6) is 1.73. The highest BCUT2D eigenvalue weighted by atomic mass is 35.5. The molecule has 0 bridgehead atoms. The minimum atomic E-state index is 0.540. The zero-order chi connectivity index (χ0) is 15.8. The molecule has 2 aromatic carbocycles. The molecule has 0 spiro atoms. The van der Waals surface area contributed by atoms with Gasteiger partial charge in [-0.3, -0.25) is 0 Å². The number of ether oxygens (including phenoxy) is 2. The fourth-order valence-electron chi connectivity index (χ4n) is 2.12. The third-order valence-corrected chi connectivity index (χ3v) is 3.73. The van der Waals surface area contributed by atoms with E-state index in [4.69, 9.17) is 26.8 Å². The molecule has 0 amide bonds. The van der Waals surface area contributed by atoms with Gasteiger partial charge in [0.15, 0.2) is 0 Å². The summed E-state index contributed by atoms with van der Waals surface area (Å²) >= 11 is 5.87. The van der Waals surface area contributed by atoms with Crippen LogP contribution in [0, 0.1) is 0 Å². The van der Waals surface area contributed by atoms with Crippen molar-refractivity contribution in [1.82, 2.24) is 0 Å². The van der Waals surface area contributed by atoms with E-state index in [1.54, 1.807) is 12.1 Å². The molecule has 0 saturated carbocycles. The molecule has 0 aliphatic heterocycles. The summed E-state index contributed by atoms with van der Waals surface area (Å²) in [6.45, 7) is 3.47. The molecule has 0 aromatic heterocycles. The highest BCUT2D eigenvalue weighted by Gasteiger charge is 2.01. The Bertz CT molecular complexity index is 601. The standard InChI is InChI=1S/C18H22ClNO2/c1-2-14-7-3-4-8-18(14)22-12-6-5-11-21-15-9-10-16(19)17(20)13-15/h3-4,7-10,13H,2,5-6,11-12,20H2,1H3. The molecule has 0 aliphatic carbocycles. The van der Waals surface area contributed by atoms with Crippen LogP contribution >= 0.6 is 11.6 Å². The number of unbranched alkanes of at least 4 members (excludes halogenated alkanes) is 1. The number of rotatable bonds is 8. The molecule has 0 radical (unpaired) electrons. The summed E-state index contributed by atoms with van der Waals surface area (Å²) in [5, 5.41) is 0.551. The van der Waals surface area contributed by atoms with Crippen molar-refractivity contribution < 1.29 is 9.47 Å². The molecular weight excluding hydrogens is 298 g/mol. The molecule has 0 heterocycles. The number of para-hydroxylation sites is 1. The third-order valence-electron chi connectivity index (χ3n) is 3.39. The number of anilines is 1. The van der Waals surface area contributed by atoms with Crippen LogP contribution in [0.25, 0.3) is 0 Å². The van der Waals surface area contributed by atoms with Crippen molar-refractivity contribution in [3.05, 3.63) is 53.1 Å². The van der Waals surface area contributed by atoms with Gasteiger partial charge in [0, 0.05) is 6.07 Å². The lowest BCUT2D eigenvalue weighted by Gasteiger charge is -2.11. The van der Waals surface area contributed by atoms with Gasteiger partial charge >= 0.3 is 0 Å². The number of hydrogen-bond acceptors (Lipinski definition) is 3. The van der Waals surface area contributed by atoms with Gasteiger partial charge in [0.2, 0.25) is 0 Å². The maximum Gasteiger partial charge on any atom is 0.122 e.